The van der Waals surface area contributed by atoms with Crippen LogP contribution in [0.5, 0.6) is 11.5 Å². The lowest BCUT2D eigenvalue weighted by Crippen LogP contribution is -2.31. The number of phenolic OH excluding ortho intramolecular Hbond substituents is 2. The molecule has 0 aliphatic carbocycles. The molecule has 0 saturated heterocycles. The summed E-state index contributed by atoms with van der Waals surface area (Å²) in [6.07, 6.45) is 2.17. The molecule has 4 heteroatoms. The third-order valence-corrected chi connectivity index (χ3v) is 3.41. The first-order chi connectivity index (χ1) is 8.06. The second-order valence-electron chi connectivity index (χ2n) is 5.32. The van der Waals surface area contributed by atoms with Gasteiger partial charge in [0.05, 0.1) is 0 Å². The third-order valence-electron chi connectivity index (χ3n) is 3.41. The first kappa shape index (κ1) is 15.1. The quantitative estimate of drug-likeness (QED) is 0.831. The lowest BCUT2D eigenvalue weighted by molar-refractivity contribution is 0.238. The van der Waals surface area contributed by atoms with Crippen LogP contribution < -0.4 is 0 Å². The molecule has 0 bridgehead atoms. The Kier molecular flexibility index (Phi) is 5.29. The fraction of sp³-hybridized carbons (Fsp3) is 0.571. The largest absolute Gasteiger partial charge is 0.504 e. The first-order valence-electron chi connectivity index (χ1n) is 6.32. The van der Waals surface area contributed by atoms with E-state index in [4.69, 9.17) is 0 Å². The van der Waals surface area contributed by atoms with Crippen LogP contribution in [0.2, 0.25) is 0 Å². The van der Waals surface area contributed by atoms with Crippen molar-refractivity contribution in [3.05, 3.63) is 23.3 Å². The van der Waals surface area contributed by atoms with Crippen LogP contribution in [0.1, 0.15) is 31.4 Å². The van der Waals surface area contributed by atoms with Crippen LogP contribution in [-0.2, 0) is 13.0 Å². The van der Waals surface area contributed by atoms with Crippen LogP contribution in [0.3, 0.4) is 0 Å². The highest BCUT2D eigenvalue weighted by Gasteiger charge is 2.18. The Morgan fingerprint density at radius 3 is 2.39 bits per heavy atom. The first-order valence-corrected chi connectivity index (χ1v) is 6.32. The van der Waals surface area contributed by atoms with Gasteiger partial charge < -0.3 is 10.2 Å². The van der Waals surface area contributed by atoms with Gasteiger partial charge in [-0.15, -0.1) is 12.4 Å². The smallest absolute Gasteiger partial charge is 0.157 e. The topological polar surface area (TPSA) is 43.7 Å². The van der Waals surface area contributed by atoms with Crippen molar-refractivity contribution in [2.75, 3.05) is 13.1 Å². The Morgan fingerprint density at radius 1 is 1.17 bits per heavy atom. The number of aromatic hydroxyl groups is 2. The Hall–Kier alpha value is -0.930. The Labute approximate surface area is 115 Å². The van der Waals surface area contributed by atoms with E-state index in [9.17, 15) is 10.2 Å². The van der Waals surface area contributed by atoms with E-state index in [1.165, 1.54) is 12.0 Å². The Bertz CT molecular complexity index is 407. The molecule has 1 heterocycles. The number of halogens is 1. The van der Waals surface area contributed by atoms with Gasteiger partial charge >= 0.3 is 0 Å². The van der Waals surface area contributed by atoms with Crippen molar-refractivity contribution < 1.29 is 10.2 Å². The minimum atomic E-state index is -0.00513. The Morgan fingerprint density at radius 2 is 1.78 bits per heavy atom. The van der Waals surface area contributed by atoms with Gasteiger partial charge in [0.2, 0.25) is 0 Å². The molecule has 0 unspecified atom stereocenters. The van der Waals surface area contributed by atoms with Crippen LogP contribution >= 0.6 is 12.4 Å². The summed E-state index contributed by atoms with van der Waals surface area (Å²) in [6.45, 7) is 7.52. The van der Waals surface area contributed by atoms with E-state index in [1.807, 2.05) is 0 Å². The minimum absolute atomic E-state index is 0. The molecule has 1 aromatic rings. The summed E-state index contributed by atoms with van der Waals surface area (Å²) in [5.74, 6) is 0.721. The number of hydrogen-bond acceptors (Lipinski definition) is 3. The van der Waals surface area contributed by atoms with E-state index in [2.05, 4.69) is 18.7 Å². The van der Waals surface area contributed by atoms with Crippen molar-refractivity contribution in [2.45, 2.75) is 33.2 Å². The van der Waals surface area contributed by atoms with Crippen LogP contribution in [0.4, 0.5) is 0 Å². The van der Waals surface area contributed by atoms with Crippen molar-refractivity contribution >= 4 is 12.4 Å². The van der Waals surface area contributed by atoms with Gasteiger partial charge in [-0.2, -0.15) is 0 Å². The number of rotatable bonds is 3. The summed E-state index contributed by atoms with van der Waals surface area (Å²) < 4.78 is 0. The summed E-state index contributed by atoms with van der Waals surface area (Å²) in [4.78, 5) is 2.42. The van der Waals surface area contributed by atoms with E-state index >= 15 is 0 Å². The van der Waals surface area contributed by atoms with Gasteiger partial charge in [0, 0.05) is 13.1 Å². The van der Waals surface area contributed by atoms with E-state index < -0.39 is 0 Å². The van der Waals surface area contributed by atoms with Gasteiger partial charge in [0.15, 0.2) is 11.5 Å². The van der Waals surface area contributed by atoms with Gasteiger partial charge in [-0.25, -0.2) is 0 Å². The minimum Gasteiger partial charge on any atom is -0.504 e. The lowest BCUT2D eigenvalue weighted by atomic mass is 9.98. The van der Waals surface area contributed by atoms with E-state index in [1.54, 1.807) is 12.1 Å². The van der Waals surface area contributed by atoms with Crippen LogP contribution in [0.15, 0.2) is 12.1 Å². The molecule has 102 valence electrons. The molecular weight excluding hydrogens is 250 g/mol. The molecule has 0 spiro atoms. The van der Waals surface area contributed by atoms with Gasteiger partial charge in [-0.3, -0.25) is 4.90 Å². The molecule has 0 saturated carbocycles. The number of benzene rings is 1. The molecule has 2 N–H and O–H groups in total. The zero-order valence-corrected chi connectivity index (χ0v) is 11.8. The Balaban J connectivity index is 0.00000162. The van der Waals surface area contributed by atoms with Crippen molar-refractivity contribution in [3.63, 3.8) is 0 Å². The molecule has 2 rings (SSSR count). The maximum absolute atomic E-state index is 9.51. The molecule has 0 fully saturated rings. The summed E-state index contributed by atoms with van der Waals surface area (Å²) in [5.41, 5.74) is 2.32. The van der Waals surface area contributed by atoms with Crippen LogP contribution in [0, 0.1) is 5.92 Å². The average molecular weight is 272 g/mol. The van der Waals surface area contributed by atoms with E-state index in [0.717, 1.165) is 37.5 Å². The molecule has 0 aromatic heterocycles. The predicted octanol–water partition coefficient (Wildman–Crippen LogP) is 2.92. The zero-order valence-electron chi connectivity index (χ0n) is 11.0. The average Bonchev–Trinajstić information content (AvgIpc) is 2.28. The molecule has 0 amide bonds. The highest BCUT2D eigenvalue weighted by molar-refractivity contribution is 5.85. The van der Waals surface area contributed by atoms with Gasteiger partial charge in [0.1, 0.15) is 0 Å². The molecular formula is C14H22ClNO2. The number of fused-ring (bicyclic) bond motifs is 1. The van der Waals surface area contributed by atoms with E-state index in [-0.39, 0.29) is 23.9 Å². The maximum Gasteiger partial charge on any atom is 0.157 e. The van der Waals surface area contributed by atoms with Crippen molar-refractivity contribution in [3.8, 4) is 11.5 Å². The van der Waals surface area contributed by atoms with Crippen molar-refractivity contribution in [2.24, 2.45) is 5.92 Å². The molecule has 3 nitrogen and oxygen atoms in total. The molecule has 1 aliphatic rings. The van der Waals surface area contributed by atoms with Gasteiger partial charge in [0.25, 0.3) is 0 Å². The zero-order chi connectivity index (χ0) is 12.4. The highest BCUT2D eigenvalue weighted by atomic mass is 35.5. The summed E-state index contributed by atoms with van der Waals surface area (Å²) in [7, 11) is 0. The van der Waals surface area contributed by atoms with Crippen LogP contribution in [-0.4, -0.2) is 28.2 Å². The van der Waals surface area contributed by atoms with Gasteiger partial charge in [-0.1, -0.05) is 13.8 Å². The summed E-state index contributed by atoms with van der Waals surface area (Å²) in [5, 5.41) is 19.0. The van der Waals surface area contributed by atoms with Crippen molar-refractivity contribution in [1.82, 2.24) is 4.90 Å². The highest BCUT2D eigenvalue weighted by Crippen LogP contribution is 2.31. The molecule has 1 aliphatic heterocycles. The fourth-order valence-corrected chi connectivity index (χ4v) is 2.27. The number of hydrogen-bond donors (Lipinski definition) is 2. The second-order valence-corrected chi connectivity index (χ2v) is 5.32. The monoisotopic (exact) mass is 271 g/mol. The summed E-state index contributed by atoms with van der Waals surface area (Å²) >= 11 is 0. The standard InChI is InChI=1S/C14H21NO2.ClH/c1-10(2)3-5-15-6-4-11-7-13(16)14(17)8-12(11)9-15;/h7-8,10,16-17H,3-6,9H2,1-2H3;1H. The molecule has 0 radical (unpaired) electrons. The SMILES string of the molecule is CC(C)CCN1CCc2cc(O)c(O)cc2C1.Cl. The van der Waals surface area contributed by atoms with E-state index in [0.29, 0.717) is 0 Å². The number of phenols is 2. The van der Waals surface area contributed by atoms with Gasteiger partial charge in [-0.05, 0) is 48.6 Å². The summed E-state index contributed by atoms with van der Waals surface area (Å²) in [6, 6.07) is 3.40. The normalized spacial score (nSPS) is 15.3. The molecule has 1 aromatic carbocycles. The maximum atomic E-state index is 9.51. The third kappa shape index (κ3) is 3.53. The molecule has 0 atom stereocenters. The lowest BCUT2D eigenvalue weighted by Gasteiger charge is -2.29. The molecule has 18 heavy (non-hydrogen) atoms. The second kappa shape index (κ2) is 6.30. The predicted molar refractivity (Wildman–Crippen MR) is 75.5 cm³/mol. The van der Waals surface area contributed by atoms with Crippen LogP contribution in [0.25, 0.3) is 0 Å². The number of nitrogens with zero attached hydrogens (tertiary/aromatic N) is 1. The fourth-order valence-electron chi connectivity index (χ4n) is 2.27. The van der Waals surface area contributed by atoms with Crippen molar-refractivity contribution in [1.29, 1.82) is 0 Å².